The Morgan fingerprint density at radius 3 is 2.65 bits per heavy atom. The van der Waals surface area contributed by atoms with E-state index in [1.165, 1.54) is 0 Å². The quantitative estimate of drug-likeness (QED) is 0.639. The third-order valence-corrected chi connectivity index (χ3v) is 2.93. The molecule has 0 aliphatic heterocycles. The third-order valence-electron chi connectivity index (χ3n) is 1.93. The standard InChI is InChI=1S/C11H12Cl3NO2/c12-5-1-2-6-17-11(16)15-8-3-4-9(13)10(14)7-8/h3-4,7H,1-2,5-6H2,(H,15,16). The van der Waals surface area contributed by atoms with Gasteiger partial charge in [-0.1, -0.05) is 23.2 Å². The fourth-order valence-electron chi connectivity index (χ4n) is 1.09. The molecule has 1 aromatic carbocycles. The van der Waals surface area contributed by atoms with Crippen LogP contribution in [0.3, 0.4) is 0 Å². The predicted octanol–water partition coefficient (Wildman–Crippen LogP) is 4.56. The first-order chi connectivity index (χ1) is 8.13. The van der Waals surface area contributed by atoms with Crippen molar-refractivity contribution < 1.29 is 9.53 Å². The van der Waals surface area contributed by atoms with Gasteiger partial charge in [-0.15, -0.1) is 11.6 Å². The second kappa shape index (κ2) is 7.64. The van der Waals surface area contributed by atoms with Gasteiger partial charge in [-0.3, -0.25) is 5.32 Å². The number of nitrogens with one attached hydrogen (secondary N) is 1. The number of hydrogen-bond acceptors (Lipinski definition) is 2. The molecule has 0 aliphatic carbocycles. The Hall–Kier alpha value is -0.640. The van der Waals surface area contributed by atoms with Crippen molar-refractivity contribution in [2.75, 3.05) is 17.8 Å². The lowest BCUT2D eigenvalue weighted by atomic mass is 10.3. The normalized spacial score (nSPS) is 10.1. The highest BCUT2D eigenvalue weighted by Crippen LogP contribution is 2.24. The van der Waals surface area contributed by atoms with Crippen LogP contribution in [0.4, 0.5) is 10.5 Å². The maximum Gasteiger partial charge on any atom is 0.411 e. The molecule has 0 heterocycles. The predicted molar refractivity (Wildman–Crippen MR) is 71.4 cm³/mol. The molecule has 0 fully saturated rings. The van der Waals surface area contributed by atoms with E-state index < -0.39 is 6.09 Å². The van der Waals surface area contributed by atoms with Crippen molar-refractivity contribution >= 4 is 46.6 Å². The monoisotopic (exact) mass is 295 g/mol. The van der Waals surface area contributed by atoms with Crippen molar-refractivity contribution in [3.05, 3.63) is 28.2 Å². The molecule has 1 N–H and O–H groups in total. The van der Waals surface area contributed by atoms with E-state index >= 15 is 0 Å². The largest absolute Gasteiger partial charge is 0.449 e. The smallest absolute Gasteiger partial charge is 0.411 e. The van der Waals surface area contributed by atoms with Crippen LogP contribution in [0.15, 0.2) is 18.2 Å². The fourth-order valence-corrected chi connectivity index (χ4v) is 1.58. The molecule has 6 heteroatoms. The van der Waals surface area contributed by atoms with Crippen LogP contribution in [0, 0.1) is 0 Å². The number of halogens is 3. The van der Waals surface area contributed by atoms with Crippen LogP contribution < -0.4 is 5.32 Å². The zero-order chi connectivity index (χ0) is 12.7. The van der Waals surface area contributed by atoms with Crippen LogP contribution in [0.1, 0.15) is 12.8 Å². The van der Waals surface area contributed by atoms with Crippen LogP contribution in [-0.2, 0) is 4.74 Å². The highest BCUT2D eigenvalue weighted by atomic mass is 35.5. The van der Waals surface area contributed by atoms with E-state index in [-0.39, 0.29) is 0 Å². The minimum Gasteiger partial charge on any atom is -0.449 e. The summed E-state index contributed by atoms with van der Waals surface area (Å²) in [5.74, 6) is 0.567. The molecule has 94 valence electrons. The maximum atomic E-state index is 11.3. The van der Waals surface area contributed by atoms with Crippen molar-refractivity contribution in [2.24, 2.45) is 0 Å². The van der Waals surface area contributed by atoms with E-state index in [4.69, 9.17) is 39.5 Å². The average Bonchev–Trinajstić information content (AvgIpc) is 2.30. The van der Waals surface area contributed by atoms with Crippen LogP contribution in [0.25, 0.3) is 0 Å². The van der Waals surface area contributed by atoms with Crippen LogP contribution in [0.2, 0.25) is 10.0 Å². The Balaban J connectivity index is 2.37. The zero-order valence-corrected chi connectivity index (χ0v) is 11.3. The van der Waals surface area contributed by atoms with E-state index in [9.17, 15) is 4.79 Å². The van der Waals surface area contributed by atoms with Crippen LogP contribution >= 0.6 is 34.8 Å². The van der Waals surface area contributed by atoms with Gasteiger partial charge in [-0.25, -0.2) is 4.79 Å². The molecule has 0 spiro atoms. The lowest BCUT2D eigenvalue weighted by Crippen LogP contribution is -2.14. The summed E-state index contributed by atoms with van der Waals surface area (Å²) < 4.78 is 4.93. The van der Waals surface area contributed by atoms with Gasteiger partial charge < -0.3 is 4.74 Å². The molecule has 0 radical (unpaired) electrons. The Bertz CT molecular complexity index is 385. The number of alkyl halides is 1. The summed E-state index contributed by atoms with van der Waals surface area (Å²) in [6, 6.07) is 4.81. The first kappa shape index (κ1) is 14.4. The molecule has 0 atom stereocenters. The number of unbranched alkanes of at least 4 members (excludes halogenated alkanes) is 1. The first-order valence-corrected chi connectivity index (χ1v) is 6.37. The fraction of sp³-hybridized carbons (Fsp3) is 0.364. The van der Waals surface area contributed by atoms with Crippen molar-refractivity contribution in [2.45, 2.75) is 12.8 Å². The molecular weight excluding hydrogens is 284 g/mol. The maximum absolute atomic E-state index is 11.3. The lowest BCUT2D eigenvalue weighted by Gasteiger charge is -2.07. The van der Waals surface area contributed by atoms with Gasteiger partial charge in [0.1, 0.15) is 0 Å². The molecule has 1 aromatic rings. The number of amides is 1. The van der Waals surface area contributed by atoms with E-state index in [1.807, 2.05) is 0 Å². The Labute approximate surface area is 115 Å². The van der Waals surface area contributed by atoms with Crippen molar-refractivity contribution in [1.82, 2.24) is 0 Å². The summed E-state index contributed by atoms with van der Waals surface area (Å²) in [6.07, 6.45) is 1.05. The molecule has 0 saturated carbocycles. The summed E-state index contributed by atoms with van der Waals surface area (Å²) in [4.78, 5) is 11.3. The highest BCUT2D eigenvalue weighted by molar-refractivity contribution is 6.42. The average molecular weight is 297 g/mol. The van der Waals surface area contributed by atoms with Gasteiger partial charge in [0.2, 0.25) is 0 Å². The molecule has 17 heavy (non-hydrogen) atoms. The second-order valence-electron chi connectivity index (χ2n) is 3.29. The number of ether oxygens (including phenoxy) is 1. The Kier molecular flexibility index (Phi) is 6.48. The molecule has 0 aliphatic rings. The summed E-state index contributed by atoms with van der Waals surface area (Å²) in [5, 5.41) is 3.37. The van der Waals surface area contributed by atoms with Gasteiger partial charge in [0.25, 0.3) is 0 Å². The van der Waals surface area contributed by atoms with Crippen LogP contribution in [-0.4, -0.2) is 18.6 Å². The highest BCUT2D eigenvalue weighted by Gasteiger charge is 2.04. The summed E-state index contributed by atoms with van der Waals surface area (Å²) >= 11 is 17.0. The van der Waals surface area contributed by atoms with Gasteiger partial charge in [-0.05, 0) is 31.0 Å². The zero-order valence-electron chi connectivity index (χ0n) is 9.01. The van der Waals surface area contributed by atoms with Crippen molar-refractivity contribution in [1.29, 1.82) is 0 Å². The molecule has 0 aromatic heterocycles. The number of carbonyl (C=O) groups excluding carboxylic acids is 1. The summed E-state index contributed by atoms with van der Waals surface area (Å²) in [5.41, 5.74) is 0.543. The first-order valence-electron chi connectivity index (χ1n) is 5.08. The van der Waals surface area contributed by atoms with Gasteiger partial charge in [0, 0.05) is 11.6 Å². The minimum atomic E-state index is -0.516. The number of anilines is 1. The SMILES string of the molecule is O=C(Nc1ccc(Cl)c(Cl)c1)OCCCCCl. The van der Waals surface area contributed by atoms with Gasteiger partial charge >= 0.3 is 6.09 Å². The van der Waals surface area contributed by atoms with E-state index in [0.717, 1.165) is 12.8 Å². The van der Waals surface area contributed by atoms with E-state index in [1.54, 1.807) is 18.2 Å². The minimum absolute atomic E-state index is 0.347. The molecule has 1 rings (SSSR count). The Morgan fingerprint density at radius 1 is 1.24 bits per heavy atom. The number of benzene rings is 1. The number of hydrogen-bond donors (Lipinski definition) is 1. The molecule has 1 amide bonds. The molecule has 0 unspecified atom stereocenters. The van der Waals surface area contributed by atoms with Gasteiger partial charge in [0.15, 0.2) is 0 Å². The van der Waals surface area contributed by atoms with Crippen LogP contribution in [0.5, 0.6) is 0 Å². The summed E-state index contributed by atoms with van der Waals surface area (Å²) in [7, 11) is 0. The Morgan fingerprint density at radius 2 is 2.00 bits per heavy atom. The topological polar surface area (TPSA) is 38.3 Å². The third kappa shape index (κ3) is 5.48. The number of rotatable bonds is 5. The molecule has 0 bridgehead atoms. The van der Waals surface area contributed by atoms with Crippen molar-refractivity contribution in [3.8, 4) is 0 Å². The second-order valence-corrected chi connectivity index (χ2v) is 4.48. The number of carbonyl (C=O) groups is 1. The molecule has 3 nitrogen and oxygen atoms in total. The molecule has 0 saturated heterocycles. The van der Waals surface area contributed by atoms with Gasteiger partial charge in [-0.2, -0.15) is 0 Å². The van der Waals surface area contributed by atoms with Gasteiger partial charge in [0.05, 0.1) is 16.7 Å². The van der Waals surface area contributed by atoms with Crippen molar-refractivity contribution in [3.63, 3.8) is 0 Å². The van der Waals surface area contributed by atoms with E-state index in [2.05, 4.69) is 5.32 Å². The van der Waals surface area contributed by atoms with E-state index in [0.29, 0.717) is 28.2 Å². The lowest BCUT2D eigenvalue weighted by molar-refractivity contribution is 0.160. The molecular formula is C11H12Cl3NO2. The summed E-state index contributed by atoms with van der Waals surface area (Å²) in [6.45, 7) is 0.347.